The van der Waals surface area contributed by atoms with Crippen LogP contribution in [-0.4, -0.2) is 39.3 Å². The second-order valence-electron chi connectivity index (χ2n) is 6.58. The molecular formula is C18H20N4O3S2. The molecule has 0 aromatic carbocycles. The van der Waals surface area contributed by atoms with Gasteiger partial charge < -0.3 is 4.74 Å². The van der Waals surface area contributed by atoms with Gasteiger partial charge in [-0.3, -0.25) is 14.4 Å². The largest absolute Gasteiger partial charge is 0.462 e. The average Bonchev–Trinajstić information content (AvgIpc) is 3.11. The molecule has 0 unspecified atom stereocenters. The number of hydrogen-bond acceptors (Lipinski definition) is 7. The molecule has 4 rings (SSSR count). The summed E-state index contributed by atoms with van der Waals surface area (Å²) < 4.78 is 6.90. The Morgan fingerprint density at radius 2 is 2.04 bits per heavy atom. The van der Waals surface area contributed by atoms with Crippen molar-refractivity contribution in [3.63, 3.8) is 0 Å². The van der Waals surface area contributed by atoms with Crippen molar-refractivity contribution in [2.75, 3.05) is 11.5 Å². The van der Waals surface area contributed by atoms with Gasteiger partial charge in [-0.2, -0.15) is 5.10 Å². The molecule has 0 bridgehead atoms. The summed E-state index contributed by atoms with van der Waals surface area (Å²) in [4.78, 5) is 33.8. The lowest BCUT2D eigenvalue weighted by Crippen LogP contribution is -2.32. The van der Waals surface area contributed by atoms with E-state index in [0.29, 0.717) is 27.2 Å². The number of aryl methyl sites for hydroxylation is 3. The third-order valence-corrected chi connectivity index (χ3v) is 6.82. The molecule has 3 heterocycles. The molecule has 142 valence electrons. The zero-order valence-corrected chi connectivity index (χ0v) is 17.2. The maximum atomic E-state index is 13.3. The van der Waals surface area contributed by atoms with Crippen LogP contribution in [0.4, 0.5) is 5.13 Å². The monoisotopic (exact) mass is 404 g/mol. The van der Waals surface area contributed by atoms with E-state index in [9.17, 15) is 9.59 Å². The Balaban J connectivity index is 1.70. The van der Waals surface area contributed by atoms with Crippen molar-refractivity contribution in [3.05, 3.63) is 27.2 Å². The fourth-order valence-electron chi connectivity index (χ4n) is 3.04. The molecule has 1 amide bonds. The van der Waals surface area contributed by atoms with Gasteiger partial charge in [0.05, 0.1) is 22.9 Å². The van der Waals surface area contributed by atoms with E-state index in [1.165, 1.54) is 22.7 Å². The lowest BCUT2D eigenvalue weighted by Gasteiger charge is -2.18. The Labute approximate surface area is 164 Å². The van der Waals surface area contributed by atoms with E-state index in [4.69, 9.17) is 4.74 Å². The number of nitrogens with zero attached hydrogens (tertiary/aromatic N) is 4. The van der Waals surface area contributed by atoms with Gasteiger partial charge in [-0.15, -0.1) is 11.3 Å². The molecule has 0 spiro atoms. The first kappa shape index (κ1) is 18.1. The molecule has 1 fully saturated rings. The summed E-state index contributed by atoms with van der Waals surface area (Å²) in [6.45, 7) is 5.80. The van der Waals surface area contributed by atoms with Gasteiger partial charge >= 0.3 is 5.97 Å². The quantitative estimate of drug-likeness (QED) is 0.606. The van der Waals surface area contributed by atoms with Gasteiger partial charge in [0.1, 0.15) is 9.71 Å². The van der Waals surface area contributed by atoms with Crippen molar-refractivity contribution >= 4 is 49.9 Å². The van der Waals surface area contributed by atoms with Crippen LogP contribution in [0.3, 0.4) is 0 Å². The minimum atomic E-state index is -0.384. The Kier molecular flexibility index (Phi) is 4.51. The predicted octanol–water partition coefficient (Wildman–Crippen LogP) is 3.69. The molecule has 1 aliphatic carbocycles. The number of rotatable bonds is 5. The normalized spacial score (nSPS) is 13.9. The standard InChI is InChI=1S/C18H20N4O3S2/c1-5-25-17(24)14-10(3)19-18(27-14)22(11-6-7-11)15(23)13-8-12-9(2)20-21(4)16(12)26-13/h8,11H,5-7H2,1-4H3. The van der Waals surface area contributed by atoms with Crippen LogP contribution in [0.5, 0.6) is 0 Å². The van der Waals surface area contributed by atoms with Crippen LogP contribution < -0.4 is 4.90 Å². The lowest BCUT2D eigenvalue weighted by molar-refractivity contribution is 0.0531. The molecule has 3 aromatic heterocycles. The average molecular weight is 405 g/mol. The zero-order valence-electron chi connectivity index (χ0n) is 15.6. The summed E-state index contributed by atoms with van der Waals surface area (Å²) in [7, 11) is 1.88. The molecule has 0 N–H and O–H groups in total. The molecule has 7 nitrogen and oxygen atoms in total. The molecule has 0 radical (unpaired) electrons. The summed E-state index contributed by atoms with van der Waals surface area (Å²) in [6.07, 6.45) is 1.90. The van der Waals surface area contributed by atoms with E-state index in [1.54, 1.807) is 23.4 Å². The Bertz CT molecular complexity index is 1010. The van der Waals surface area contributed by atoms with Crippen molar-refractivity contribution in [1.29, 1.82) is 0 Å². The van der Waals surface area contributed by atoms with E-state index in [0.717, 1.165) is 28.8 Å². The van der Waals surface area contributed by atoms with Crippen molar-refractivity contribution in [3.8, 4) is 0 Å². The van der Waals surface area contributed by atoms with Crippen LogP contribution in [0.1, 0.15) is 50.5 Å². The number of carbonyl (C=O) groups is 2. The number of hydrogen-bond donors (Lipinski definition) is 0. The van der Waals surface area contributed by atoms with Gasteiger partial charge in [-0.25, -0.2) is 9.78 Å². The molecule has 0 aliphatic heterocycles. The third-order valence-electron chi connectivity index (χ3n) is 4.49. The van der Waals surface area contributed by atoms with Gasteiger partial charge in [0.25, 0.3) is 5.91 Å². The number of ether oxygens (including phenoxy) is 1. The van der Waals surface area contributed by atoms with Crippen LogP contribution in [0.15, 0.2) is 6.07 Å². The van der Waals surface area contributed by atoms with Crippen LogP contribution >= 0.6 is 22.7 Å². The SMILES string of the molecule is CCOC(=O)c1sc(N(C(=O)c2cc3c(C)nn(C)c3s2)C2CC2)nc1C. The highest BCUT2D eigenvalue weighted by Crippen LogP contribution is 2.38. The second kappa shape index (κ2) is 6.72. The molecule has 1 saturated carbocycles. The second-order valence-corrected chi connectivity index (χ2v) is 8.58. The summed E-state index contributed by atoms with van der Waals surface area (Å²) >= 11 is 2.67. The van der Waals surface area contributed by atoms with Gasteiger partial charge in [-0.05, 0) is 39.7 Å². The number of esters is 1. The number of amides is 1. The van der Waals surface area contributed by atoms with E-state index >= 15 is 0 Å². The summed E-state index contributed by atoms with van der Waals surface area (Å²) in [5, 5.41) is 5.96. The highest BCUT2D eigenvalue weighted by Gasteiger charge is 2.37. The molecule has 0 saturated heterocycles. The number of aromatic nitrogens is 3. The topological polar surface area (TPSA) is 77.3 Å². The van der Waals surface area contributed by atoms with Crippen molar-refractivity contribution in [2.24, 2.45) is 7.05 Å². The first-order valence-electron chi connectivity index (χ1n) is 8.82. The minimum Gasteiger partial charge on any atom is -0.462 e. The summed E-state index contributed by atoms with van der Waals surface area (Å²) in [5.41, 5.74) is 1.51. The molecular weight excluding hydrogens is 384 g/mol. The molecule has 9 heteroatoms. The van der Waals surface area contributed by atoms with E-state index < -0.39 is 0 Å². The van der Waals surface area contributed by atoms with Crippen molar-refractivity contribution < 1.29 is 14.3 Å². The first-order valence-corrected chi connectivity index (χ1v) is 10.4. The van der Waals surface area contributed by atoms with Crippen LogP contribution in [0, 0.1) is 13.8 Å². The van der Waals surface area contributed by atoms with E-state index in [2.05, 4.69) is 10.1 Å². The first-order chi connectivity index (χ1) is 12.9. The van der Waals surface area contributed by atoms with E-state index in [1.807, 2.05) is 20.0 Å². The van der Waals surface area contributed by atoms with Gasteiger partial charge in [0.15, 0.2) is 5.13 Å². The van der Waals surface area contributed by atoms with Crippen molar-refractivity contribution in [1.82, 2.24) is 14.8 Å². The molecule has 0 atom stereocenters. The van der Waals surface area contributed by atoms with Gasteiger partial charge in [0.2, 0.25) is 0 Å². The van der Waals surface area contributed by atoms with Crippen molar-refractivity contribution in [2.45, 2.75) is 39.7 Å². The zero-order chi connectivity index (χ0) is 19.3. The predicted molar refractivity (Wildman–Crippen MR) is 106 cm³/mol. The highest BCUT2D eigenvalue weighted by atomic mass is 32.1. The lowest BCUT2D eigenvalue weighted by atomic mass is 10.3. The summed E-state index contributed by atoms with van der Waals surface area (Å²) in [5.74, 6) is -0.451. The van der Waals surface area contributed by atoms with Gasteiger partial charge in [0, 0.05) is 18.5 Å². The van der Waals surface area contributed by atoms with Crippen LogP contribution in [-0.2, 0) is 11.8 Å². The maximum Gasteiger partial charge on any atom is 0.350 e. The van der Waals surface area contributed by atoms with Gasteiger partial charge in [-0.1, -0.05) is 11.3 Å². The number of carbonyl (C=O) groups excluding carboxylic acids is 2. The summed E-state index contributed by atoms with van der Waals surface area (Å²) in [6, 6.07) is 2.05. The fraction of sp³-hybridized carbons (Fsp3) is 0.444. The number of thiophene rings is 1. The molecule has 1 aliphatic rings. The Morgan fingerprint density at radius 3 is 2.67 bits per heavy atom. The Hall–Kier alpha value is -2.26. The fourth-order valence-corrected chi connectivity index (χ4v) is 5.13. The minimum absolute atomic E-state index is 0.0674. The van der Waals surface area contributed by atoms with Crippen LogP contribution in [0.25, 0.3) is 10.2 Å². The third kappa shape index (κ3) is 3.14. The molecule has 27 heavy (non-hydrogen) atoms. The number of anilines is 1. The number of fused-ring (bicyclic) bond motifs is 1. The van der Waals surface area contributed by atoms with Crippen LogP contribution in [0.2, 0.25) is 0 Å². The Morgan fingerprint density at radius 1 is 1.30 bits per heavy atom. The maximum absolute atomic E-state index is 13.3. The molecule has 3 aromatic rings. The number of thiazole rings is 1. The smallest absolute Gasteiger partial charge is 0.350 e. The highest BCUT2D eigenvalue weighted by molar-refractivity contribution is 7.21. The van der Waals surface area contributed by atoms with E-state index in [-0.39, 0.29) is 17.9 Å².